The Labute approximate surface area is 127 Å². The first-order valence-corrected chi connectivity index (χ1v) is 7.56. The third-order valence-electron chi connectivity index (χ3n) is 3.69. The van der Waals surface area contributed by atoms with E-state index < -0.39 is 6.10 Å². The molecule has 1 atom stereocenters. The topological polar surface area (TPSA) is 58.6 Å². The lowest BCUT2D eigenvalue weighted by Gasteiger charge is -2.18. The van der Waals surface area contributed by atoms with Crippen LogP contribution < -0.4 is 10.1 Å². The summed E-state index contributed by atoms with van der Waals surface area (Å²) >= 11 is 3.43. The lowest BCUT2D eigenvalue weighted by molar-refractivity contribution is -0.127. The fraction of sp³-hybridized carbons (Fsp3) is 0.533. The van der Waals surface area contributed by atoms with E-state index in [1.165, 1.54) is 0 Å². The van der Waals surface area contributed by atoms with Crippen molar-refractivity contribution in [3.05, 3.63) is 28.2 Å². The Morgan fingerprint density at radius 2 is 2.25 bits per heavy atom. The van der Waals surface area contributed by atoms with E-state index in [1.54, 1.807) is 6.92 Å². The molecule has 20 heavy (non-hydrogen) atoms. The Balaban J connectivity index is 1.87. The first kappa shape index (κ1) is 15.3. The molecule has 1 amide bonds. The maximum atomic E-state index is 12.0. The highest BCUT2D eigenvalue weighted by atomic mass is 79.9. The molecule has 0 bridgehead atoms. The highest BCUT2D eigenvalue weighted by Gasteiger charge is 2.42. The quantitative estimate of drug-likeness (QED) is 0.835. The standard InChI is InChI=1S/C15H20BrNO3/c1-10-3-4-13(12(16)7-10)20-11(2)14(19)17-8-15(9-18)5-6-15/h3-4,7,11,18H,5-6,8-9H2,1-2H3,(H,17,19). The third kappa shape index (κ3) is 3.73. The normalized spacial score (nSPS) is 17.4. The lowest BCUT2D eigenvalue weighted by atomic mass is 10.1. The Hall–Kier alpha value is -1.07. The van der Waals surface area contributed by atoms with Crippen LogP contribution in [0, 0.1) is 12.3 Å². The molecule has 1 fully saturated rings. The van der Waals surface area contributed by atoms with Gasteiger partial charge in [0.05, 0.1) is 11.1 Å². The molecule has 4 nitrogen and oxygen atoms in total. The van der Waals surface area contributed by atoms with Crippen molar-refractivity contribution in [1.29, 1.82) is 0 Å². The maximum absolute atomic E-state index is 12.0. The van der Waals surface area contributed by atoms with Crippen LogP contribution in [0.2, 0.25) is 0 Å². The average molecular weight is 342 g/mol. The molecule has 0 radical (unpaired) electrons. The van der Waals surface area contributed by atoms with Crippen LogP contribution in [-0.2, 0) is 4.79 Å². The van der Waals surface area contributed by atoms with Gasteiger partial charge < -0.3 is 15.2 Å². The van der Waals surface area contributed by atoms with E-state index in [9.17, 15) is 9.90 Å². The number of hydrogen-bond donors (Lipinski definition) is 2. The Morgan fingerprint density at radius 1 is 1.55 bits per heavy atom. The van der Waals surface area contributed by atoms with Crippen LogP contribution in [0.5, 0.6) is 5.75 Å². The molecule has 0 aliphatic heterocycles. The van der Waals surface area contributed by atoms with Gasteiger partial charge in [0.25, 0.3) is 5.91 Å². The van der Waals surface area contributed by atoms with Crippen molar-refractivity contribution in [1.82, 2.24) is 5.32 Å². The van der Waals surface area contributed by atoms with Gasteiger partial charge in [-0.05, 0) is 60.3 Å². The van der Waals surface area contributed by atoms with Gasteiger partial charge in [0.15, 0.2) is 6.10 Å². The number of aryl methyl sites for hydroxylation is 1. The Kier molecular flexibility index (Phi) is 4.70. The zero-order chi connectivity index (χ0) is 14.8. The summed E-state index contributed by atoms with van der Waals surface area (Å²) in [5, 5.41) is 12.1. The number of rotatable bonds is 6. The summed E-state index contributed by atoms with van der Waals surface area (Å²) < 4.78 is 6.50. The number of benzene rings is 1. The van der Waals surface area contributed by atoms with Crippen molar-refractivity contribution in [3.8, 4) is 5.75 Å². The number of nitrogens with one attached hydrogen (secondary N) is 1. The molecule has 0 saturated heterocycles. The van der Waals surface area contributed by atoms with Gasteiger partial charge in [-0.1, -0.05) is 6.07 Å². The van der Waals surface area contributed by atoms with Crippen LogP contribution in [-0.4, -0.2) is 30.3 Å². The van der Waals surface area contributed by atoms with Gasteiger partial charge in [0.1, 0.15) is 5.75 Å². The smallest absolute Gasteiger partial charge is 0.260 e. The molecule has 0 aromatic heterocycles. The fourth-order valence-corrected chi connectivity index (χ4v) is 2.52. The van der Waals surface area contributed by atoms with Crippen molar-refractivity contribution in [2.75, 3.05) is 13.2 Å². The van der Waals surface area contributed by atoms with Crippen molar-refractivity contribution in [2.45, 2.75) is 32.8 Å². The summed E-state index contributed by atoms with van der Waals surface area (Å²) in [6.07, 6.45) is 1.38. The van der Waals surface area contributed by atoms with Gasteiger partial charge in [-0.3, -0.25) is 4.79 Å². The molecule has 110 valence electrons. The minimum atomic E-state index is -0.566. The van der Waals surface area contributed by atoms with Crippen LogP contribution in [0.1, 0.15) is 25.3 Å². The zero-order valence-corrected chi connectivity index (χ0v) is 13.4. The van der Waals surface area contributed by atoms with Gasteiger partial charge in [-0.25, -0.2) is 0 Å². The summed E-state index contributed by atoms with van der Waals surface area (Å²) in [5.41, 5.74) is 1.04. The number of hydrogen-bond acceptors (Lipinski definition) is 3. The van der Waals surface area contributed by atoms with E-state index >= 15 is 0 Å². The molecule has 0 heterocycles. The number of halogens is 1. The van der Waals surface area contributed by atoms with Crippen LogP contribution in [0.15, 0.2) is 22.7 Å². The monoisotopic (exact) mass is 341 g/mol. The predicted molar refractivity (Wildman–Crippen MR) is 80.7 cm³/mol. The highest BCUT2D eigenvalue weighted by molar-refractivity contribution is 9.10. The molecule has 1 saturated carbocycles. The van der Waals surface area contributed by atoms with Crippen LogP contribution in [0.3, 0.4) is 0 Å². The van der Waals surface area contributed by atoms with Crippen molar-refractivity contribution >= 4 is 21.8 Å². The van der Waals surface area contributed by atoms with Crippen LogP contribution in [0.25, 0.3) is 0 Å². The first-order chi connectivity index (χ1) is 9.46. The maximum Gasteiger partial charge on any atom is 0.260 e. The van der Waals surface area contributed by atoms with E-state index in [0.29, 0.717) is 12.3 Å². The minimum Gasteiger partial charge on any atom is -0.480 e. The number of carbonyl (C=O) groups excluding carboxylic acids is 1. The second kappa shape index (κ2) is 6.14. The minimum absolute atomic E-state index is 0.0835. The third-order valence-corrected chi connectivity index (χ3v) is 4.31. The van der Waals surface area contributed by atoms with Crippen LogP contribution in [0.4, 0.5) is 0 Å². The molecule has 1 unspecified atom stereocenters. The van der Waals surface area contributed by atoms with Gasteiger partial charge in [0.2, 0.25) is 0 Å². The van der Waals surface area contributed by atoms with Gasteiger partial charge >= 0.3 is 0 Å². The molecule has 1 aromatic carbocycles. The summed E-state index contributed by atoms with van der Waals surface area (Å²) in [4.78, 5) is 12.0. The highest BCUT2D eigenvalue weighted by Crippen LogP contribution is 2.44. The summed E-state index contributed by atoms with van der Waals surface area (Å²) in [6.45, 7) is 4.37. The molecule has 0 spiro atoms. The second-order valence-corrected chi connectivity index (χ2v) is 6.42. The average Bonchev–Trinajstić information content (AvgIpc) is 3.20. The summed E-state index contributed by atoms with van der Waals surface area (Å²) in [7, 11) is 0. The summed E-state index contributed by atoms with van der Waals surface area (Å²) in [5.74, 6) is 0.499. The molecular formula is C15H20BrNO3. The number of carbonyl (C=O) groups is 1. The molecule has 5 heteroatoms. The van der Waals surface area contributed by atoms with E-state index in [4.69, 9.17) is 4.74 Å². The molecule has 2 N–H and O–H groups in total. The van der Waals surface area contributed by atoms with Crippen LogP contribution >= 0.6 is 15.9 Å². The predicted octanol–water partition coefficient (Wildman–Crippen LogP) is 2.41. The van der Waals surface area contributed by atoms with Crippen molar-refractivity contribution < 1.29 is 14.6 Å². The number of aliphatic hydroxyl groups is 1. The number of amides is 1. The summed E-state index contributed by atoms with van der Waals surface area (Å²) in [6, 6.07) is 5.74. The van der Waals surface area contributed by atoms with E-state index in [2.05, 4.69) is 21.2 Å². The Morgan fingerprint density at radius 3 is 2.80 bits per heavy atom. The van der Waals surface area contributed by atoms with E-state index in [0.717, 1.165) is 22.9 Å². The van der Waals surface area contributed by atoms with Crippen molar-refractivity contribution in [3.63, 3.8) is 0 Å². The molecular weight excluding hydrogens is 322 g/mol. The number of ether oxygens (including phenoxy) is 1. The van der Waals surface area contributed by atoms with Gasteiger partial charge in [-0.15, -0.1) is 0 Å². The molecule has 2 rings (SSSR count). The van der Waals surface area contributed by atoms with Gasteiger partial charge in [-0.2, -0.15) is 0 Å². The SMILES string of the molecule is Cc1ccc(OC(C)C(=O)NCC2(CO)CC2)c(Br)c1. The molecule has 1 aliphatic rings. The molecule has 1 aliphatic carbocycles. The van der Waals surface area contributed by atoms with Crippen molar-refractivity contribution in [2.24, 2.45) is 5.41 Å². The molecule has 1 aromatic rings. The number of aliphatic hydroxyl groups excluding tert-OH is 1. The second-order valence-electron chi connectivity index (χ2n) is 5.57. The van der Waals surface area contributed by atoms with E-state index in [1.807, 2.05) is 25.1 Å². The Bertz CT molecular complexity index is 500. The fourth-order valence-electron chi connectivity index (χ4n) is 1.93. The van der Waals surface area contributed by atoms with Gasteiger partial charge in [0, 0.05) is 12.0 Å². The largest absolute Gasteiger partial charge is 0.480 e. The first-order valence-electron chi connectivity index (χ1n) is 6.77. The zero-order valence-electron chi connectivity index (χ0n) is 11.8. The lowest BCUT2D eigenvalue weighted by Crippen LogP contribution is -2.40. The van der Waals surface area contributed by atoms with E-state index in [-0.39, 0.29) is 17.9 Å².